The third-order valence-electron chi connectivity index (χ3n) is 4.52. The molecule has 132 valence electrons. The number of halogens is 1. The number of hydrogen-bond donors (Lipinski definition) is 1. The zero-order chi connectivity index (χ0) is 17.7. The van der Waals surface area contributed by atoms with Crippen LogP contribution in [0, 0.1) is 11.7 Å². The van der Waals surface area contributed by atoms with Gasteiger partial charge in [0.2, 0.25) is 11.8 Å². The van der Waals surface area contributed by atoms with E-state index in [4.69, 9.17) is 5.73 Å². The first kappa shape index (κ1) is 18.4. The molecule has 24 heavy (non-hydrogen) atoms. The third-order valence-corrected chi connectivity index (χ3v) is 4.52. The van der Waals surface area contributed by atoms with E-state index in [1.807, 2.05) is 4.90 Å². The standard InChI is InChI=1S/C18H26FN3O2/c1-13(2)16-12-21(9-7-17(20)23)10-8-18(24)22(16)11-14-3-5-15(19)6-4-14/h3-6,13,16H,7-12H2,1-2H3,(H2,20,23). The van der Waals surface area contributed by atoms with Gasteiger partial charge < -0.3 is 15.5 Å². The van der Waals surface area contributed by atoms with Gasteiger partial charge in [-0.25, -0.2) is 4.39 Å². The third kappa shape index (κ3) is 5.03. The highest BCUT2D eigenvalue weighted by atomic mass is 19.1. The molecular weight excluding hydrogens is 309 g/mol. The molecule has 5 nitrogen and oxygen atoms in total. The van der Waals surface area contributed by atoms with Crippen molar-refractivity contribution in [1.82, 2.24) is 9.80 Å². The minimum Gasteiger partial charge on any atom is -0.370 e. The van der Waals surface area contributed by atoms with Crippen LogP contribution in [0.15, 0.2) is 24.3 Å². The molecule has 1 heterocycles. The van der Waals surface area contributed by atoms with E-state index in [2.05, 4.69) is 18.7 Å². The topological polar surface area (TPSA) is 66.6 Å². The molecule has 1 aliphatic heterocycles. The van der Waals surface area contributed by atoms with Crippen molar-refractivity contribution >= 4 is 11.8 Å². The lowest BCUT2D eigenvalue weighted by molar-refractivity contribution is -0.134. The van der Waals surface area contributed by atoms with Gasteiger partial charge in [-0.1, -0.05) is 26.0 Å². The fourth-order valence-electron chi connectivity index (χ4n) is 3.07. The zero-order valence-corrected chi connectivity index (χ0v) is 14.4. The molecule has 1 aliphatic rings. The van der Waals surface area contributed by atoms with Crippen molar-refractivity contribution in [3.05, 3.63) is 35.6 Å². The Kier molecular flexibility index (Phi) is 6.31. The number of nitrogens with two attached hydrogens (primary N) is 1. The SMILES string of the molecule is CC(C)C1CN(CCC(N)=O)CCC(=O)N1Cc1ccc(F)cc1. The van der Waals surface area contributed by atoms with Crippen LogP contribution in [-0.4, -0.2) is 47.3 Å². The highest BCUT2D eigenvalue weighted by Crippen LogP contribution is 2.21. The summed E-state index contributed by atoms with van der Waals surface area (Å²) in [4.78, 5) is 27.7. The molecule has 1 fully saturated rings. The Labute approximate surface area is 142 Å². The summed E-state index contributed by atoms with van der Waals surface area (Å²) in [6.07, 6.45) is 0.722. The van der Waals surface area contributed by atoms with Crippen molar-refractivity contribution in [3.63, 3.8) is 0 Å². The lowest BCUT2D eigenvalue weighted by Crippen LogP contribution is -2.46. The summed E-state index contributed by atoms with van der Waals surface area (Å²) in [6, 6.07) is 6.33. The van der Waals surface area contributed by atoms with Gasteiger partial charge >= 0.3 is 0 Å². The first-order chi connectivity index (χ1) is 11.4. The van der Waals surface area contributed by atoms with Crippen LogP contribution in [-0.2, 0) is 16.1 Å². The van der Waals surface area contributed by atoms with E-state index in [0.29, 0.717) is 32.5 Å². The summed E-state index contributed by atoms with van der Waals surface area (Å²) in [7, 11) is 0. The van der Waals surface area contributed by atoms with Crippen LogP contribution in [0.1, 0.15) is 32.3 Å². The lowest BCUT2D eigenvalue weighted by Gasteiger charge is -2.34. The Morgan fingerprint density at radius 1 is 1.33 bits per heavy atom. The molecule has 0 aliphatic carbocycles. The molecular formula is C18H26FN3O2. The smallest absolute Gasteiger partial charge is 0.224 e. The first-order valence-electron chi connectivity index (χ1n) is 8.41. The van der Waals surface area contributed by atoms with E-state index >= 15 is 0 Å². The van der Waals surface area contributed by atoms with Crippen LogP contribution in [0.3, 0.4) is 0 Å². The van der Waals surface area contributed by atoms with Gasteiger partial charge in [0, 0.05) is 45.1 Å². The molecule has 2 rings (SSSR count). The van der Waals surface area contributed by atoms with Crippen LogP contribution in [0.2, 0.25) is 0 Å². The van der Waals surface area contributed by atoms with Gasteiger partial charge in [-0.3, -0.25) is 9.59 Å². The summed E-state index contributed by atoms with van der Waals surface area (Å²) in [6.45, 7) is 6.59. The number of nitrogens with zero attached hydrogens (tertiary/aromatic N) is 2. The molecule has 1 aromatic rings. The van der Waals surface area contributed by atoms with Crippen LogP contribution >= 0.6 is 0 Å². The Balaban J connectivity index is 2.13. The van der Waals surface area contributed by atoms with Gasteiger partial charge in [0.25, 0.3) is 0 Å². The minimum atomic E-state index is -0.324. The number of rotatable bonds is 6. The van der Waals surface area contributed by atoms with E-state index in [9.17, 15) is 14.0 Å². The van der Waals surface area contributed by atoms with E-state index in [-0.39, 0.29) is 29.6 Å². The molecule has 1 aromatic carbocycles. The summed E-state index contributed by atoms with van der Waals surface area (Å²) < 4.78 is 13.1. The van der Waals surface area contributed by atoms with Crippen molar-refractivity contribution in [1.29, 1.82) is 0 Å². The maximum Gasteiger partial charge on any atom is 0.224 e. The van der Waals surface area contributed by atoms with Crippen LogP contribution < -0.4 is 5.73 Å². The van der Waals surface area contributed by atoms with Gasteiger partial charge in [0.1, 0.15) is 5.82 Å². The van der Waals surface area contributed by atoms with Gasteiger partial charge in [0.15, 0.2) is 0 Å². The molecule has 0 spiro atoms. The first-order valence-corrected chi connectivity index (χ1v) is 8.41. The maximum atomic E-state index is 13.1. The van der Waals surface area contributed by atoms with Crippen molar-refractivity contribution < 1.29 is 14.0 Å². The quantitative estimate of drug-likeness (QED) is 0.861. The van der Waals surface area contributed by atoms with Gasteiger partial charge in [0.05, 0.1) is 0 Å². The predicted molar refractivity (Wildman–Crippen MR) is 90.4 cm³/mol. The molecule has 0 radical (unpaired) electrons. The number of hydrogen-bond acceptors (Lipinski definition) is 3. The summed E-state index contributed by atoms with van der Waals surface area (Å²) in [5, 5.41) is 0. The number of carbonyl (C=O) groups is 2. The molecule has 1 saturated heterocycles. The van der Waals surface area contributed by atoms with Crippen LogP contribution in [0.4, 0.5) is 4.39 Å². The van der Waals surface area contributed by atoms with Crippen LogP contribution in [0.5, 0.6) is 0 Å². The molecule has 2 N–H and O–H groups in total. The Morgan fingerprint density at radius 3 is 2.58 bits per heavy atom. The van der Waals surface area contributed by atoms with Crippen molar-refractivity contribution in [3.8, 4) is 0 Å². The summed E-state index contributed by atoms with van der Waals surface area (Å²) >= 11 is 0. The van der Waals surface area contributed by atoms with Crippen molar-refractivity contribution in [2.75, 3.05) is 19.6 Å². The molecule has 0 aromatic heterocycles. The molecule has 0 bridgehead atoms. The fourth-order valence-corrected chi connectivity index (χ4v) is 3.07. The number of carbonyl (C=O) groups excluding carboxylic acids is 2. The van der Waals surface area contributed by atoms with Crippen LogP contribution in [0.25, 0.3) is 0 Å². The van der Waals surface area contributed by atoms with Crippen molar-refractivity contribution in [2.24, 2.45) is 11.7 Å². The summed E-state index contributed by atoms with van der Waals surface area (Å²) in [5.41, 5.74) is 6.16. The second kappa shape index (κ2) is 8.24. The molecule has 1 atom stereocenters. The number of amides is 2. The van der Waals surface area contributed by atoms with Gasteiger partial charge in [-0.05, 0) is 23.6 Å². The molecule has 1 unspecified atom stereocenters. The van der Waals surface area contributed by atoms with E-state index in [1.165, 1.54) is 12.1 Å². The molecule has 2 amide bonds. The fraction of sp³-hybridized carbons (Fsp3) is 0.556. The van der Waals surface area contributed by atoms with E-state index < -0.39 is 0 Å². The van der Waals surface area contributed by atoms with E-state index in [1.54, 1.807) is 12.1 Å². The zero-order valence-electron chi connectivity index (χ0n) is 14.4. The van der Waals surface area contributed by atoms with E-state index in [0.717, 1.165) is 12.1 Å². The second-order valence-electron chi connectivity index (χ2n) is 6.73. The lowest BCUT2D eigenvalue weighted by atomic mass is 10.0. The van der Waals surface area contributed by atoms with Gasteiger partial charge in [-0.15, -0.1) is 0 Å². The number of benzene rings is 1. The maximum absolute atomic E-state index is 13.1. The minimum absolute atomic E-state index is 0.0536. The molecule has 0 saturated carbocycles. The Bertz CT molecular complexity index is 574. The predicted octanol–water partition coefficient (Wildman–Crippen LogP) is 1.76. The normalized spacial score (nSPS) is 19.6. The highest BCUT2D eigenvalue weighted by Gasteiger charge is 2.31. The number of primary amides is 1. The largest absolute Gasteiger partial charge is 0.370 e. The Morgan fingerprint density at radius 2 is 2.00 bits per heavy atom. The summed E-state index contributed by atoms with van der Waals surface area (Å²) in [5.74, 6) is -0.225. The highest BCUT2D eigenvalue weighted by molar-refractivity contribution is 5.77. The average Bonchev–Trinajstić information content (AvgIpc) is 2.68. The second-order valence-corrected chi connectivity index (χ2v) is 6.73. The van der Waals surface area contributed by atoms with Gasteiger partial charge in [-0.2, -0.15) is 0 Å². The molecule has 6 heteroatoms. The monoisotopic (exact) mass is 335 g/mol. The Hall–Kier alpha value is -1.95. The van der Waals surface area contributed by atoms with Crippen molar-refractivity contribution in [2.45, 2.75) is 39.3 Å². The average molecular weight is 335 g/mol.